The molecule has 0 aromatic carbocycles. The van der Waals surface area contributed by atoms with E-state index in [-0.39, 0.29) is 12.2 Å². The van der Waals surface area contributed by atoms with E-state index in [2.05, 4.69) is 15.1 Å². The van der Waals surface area contributed by atoms with Crippen LogP contribution in [-0.2, 0) is 31.7 Å². The summed E-state index contributed by atoms with van der Waals surface area (Å²) in [5, 5.41) is 5.03. The van der Waals surface area contributed by atoms with Gasteiger partial charge in [-0.3, -0.25) is 14.5 Å². The average Bonchev–Trinajstić information content (AvgIpc) is 3.22. The molecule has 26 heavy (non-hydrogen) atoms. The van der Waals surface area contributed by atoms with Gasteiger partial charge in [-0.25, -0.2) is 9.97 Å². The van der Waals surface area contributed by atoms with Gasteiger partial charge in [0.1, 0.15) is 5.78 Å². The van der Waals surface area contributed by atoms with E-state index in [0.29, 0.717) is 6.42 Å². The van der Waals surface area contributed by atoms with Gasteiger partial charge in [0.05, 0.1) is 35.6 Å². The summed E-state index contributed by atoms with van der Waals surface area (Å²) >= 11 is 0. The van der Waals surface area contributed by atoms with Crippen molar-refractivity contribution in [1.29, 1.82) is 0 Å². The number of hydrogen-bond acceptors (Lipinski definition) is 5. The number of aromatic nitrogens is 6. The maximum Gasteiger partial charge on any atom is 0.143 e. The smallest absolute Gasteiger partial charge is 0.143 e. The van der Waals surface area contributed by atoms with Gasteiger partial charge < -0.3 is 4.57 Å². The van der Waals surface area contributed by atoms with Crippen LogP contribution in [0.3, 0.4) is 0 Å². The van der Waals surface area contributed by atoms with Crippen molar-refractivity contribution < 1.29 is 4.79 Å². The minimum Gasteiger partial charge on any atom is -0.332 e. The molecule has 4 heterocycles. The monoisotopic (exact) mass is 346 g/mol. The fourth-order valence-electron chi connectivity index (χ4n) is 2.96. The molecule has 0 aliphatic carbocycles. The minimum atomic E-state index is 0.104. The third kappa shape index (κ3) is 3.23. The second-order valence-corrected chi connectivity index (χ2v) is 6.37. The Hall–Kier alpha value is -3.35. The molecule has 0 N–H and O–H groups in total. The zero-order valence-electron chi connectivity index (χ0n) is 14.6. The van der Waals surface area contributed by atoms with Crippen molar-refractivity contribution in [3.8, 4) is 11.4 Å². The van der Waals surface area contributed by atoms with Gasteiger partial charge in [-0.15, -0.1) is 0 Å². The summed E-state index contributed by atoms with van der Waals surface area (Å²) in [5.74, 6) is 0.104. The summed E-state index contributed by atoms with van der Waals surface area (Å²) in [6.07, 6.45) is 9.51. The van der Waals surface area contributed by atoms with E-state index >= 15 is 0 Å². The molecule has 4 rings (SSSR count). The van der Waals surface area contributed by atoms with Crippen molar-refractivity contribution in [2.45, 2.75) is 12.8 Å². The van der Waals surface area contributed by atoms with Crippen molar-refractivity contribution >= 4 is 16.7 Å². The molecule has 0 saturated heterocycles. The molecule has 0 aliphatic heterocycles. The second-order valence-electron chi connectivity index (χ2n) is 6.37. The minimum absolute atomic E-state index is 0.104. The molecule has 0 spiro atoms. The number of nitrogens with zero attached hydrogens (tertiary/aromatic N) is 6. The number of ketones is 1. The maximum atomic E-state index is 12.3. The topological polar surface area (TPSA) is 78.5 Å². The van der Waals surface area contributed by atoms with Crippen LogP contribution in [0.4, 0.5) is 0 Å². The van der Waals surface area contributed by atoms with Gasteiger partial charge in [0.25, 0.3) is 0 Å². The number of carbonyl (C=O) groups excluding carboxylic acids is 1. The molecule has 130 valence electrons. The predicted molar refractivity (Wildman–Crippen MR) is 97.4 cm³/mol. The molecule has 4 aromatic heterocycles. The highest BCUT2D eigenvalue weighted by molar-refractivity contribution is 5.85. The first kappa shape index (κ1) is 16.1. The maximum absolute atomic E-state index is 12.3. The van der Waals surface area contributed by atoms with Crippen molar-refractivity contribution in [2.75, 3.05) is 0 Å². The first-order valence-corrected chi connectivity index (χ1v) is 8.30. The van der Waals surface area contributed by atoms with E-state index in [1.165, 1.54) is 0 Å². The van der Waals surface area contributed by atoms with E-state index in [4.69, 9.17) is 4.98 Å². The summed E-state index contributed by atoms with van der Waals surface area (Å²) in [6, 6.07) is 5.82. The van der Waals surface area contributed by atoms with Crippen LogP contribution in [0, 0.1) is 0 Å². The van der Waals surface area contributed by atoms with E-state index in [1.54, 1.807) is 29.6 Å². The number of aryl methyl sites for hydroxylation is 2. The lowest BCUT2D eigenvalue weighted by molar-refractivity contribution is -0.117. The Morgan fingerprint density at radius 2 is 2.00 bits per heavy atom. The Morgan fingerprint density at radius 3 is 2.73 bits per heavy atom. The van der Waals surface area contributed by atoms with Crippen LogP contribution >= 0.6 is 0 Å². The quantitative estimate of drug-likeness (QED) is 0.553. The van der Waals surface area contributed by atoms with Gasteiger partial charge in [-0.05, 0) is 23.8 Å². The van der Waals surface area contributed by atoms with Crippen LogP contribution in [0.1, 0.15) is 11.3 Å². The Kier molecular flexibility index (Phi) is 4.04. The fraction of sp³-hybridized carbons (Fsp3) is 0.211. The predicted octanol–water partition coefficient (Wildman–Crippen LogP) is 2.12. The molecule has 7 nitrogen and oxygen atoms in total. The normalized spacial score (nSPS) is 11.2. The Bertz CT molecular complexity index is 1090. The van der Waals surface area contributed by atoms with Crippen molar-refractivity contribution in [1.82, 2.24) is 29.3 Å². The van der Waals surface area contributed by atoms with Crippen LogP contribution < -0.4 is 0 Å². The number of pyridine rings is 2. The number of imidazole rings is 1. The molecule has 0 unspecified atom stereocenters. The first-order valence-electron chi connectivity index (χ1n) is 8.30. The van der Waals surface area contributed by atoms with Gasteiger partial charge in [0.15, 0.2) is 0 Å². The lowest BCUT2D eigenvalue weighted by Crippen LogP contribution is -2.07. The number of rotatable bonds is 5. The zero-order chi connectivity index (χ0) is 18.1. The molecule has 7 heteroatoms. The van der Waals surface area contributed by atoms with E-state index in [0.717, 1.165) is 33.5 Å². The van der Waals surface area contributed by atoms with Crippen LogP contribution in [0.5, 0.6) is 0 Å². The number of Topliss-reactive ketones (excluding diaryl/α,β-unsaturated/α-hetero) is 1. The van der Waals surface area contributed by atoms with Gasteiger partial charge in [0, 0.05) is 50.4 Å². The van der Waals surface area contributed by atoms with Gasteiger partial charge in [-0.1, -0.05) is 0 Å². The average molecular weight is 346 g/mol. The van der Waals surface area contributed by atoms with Gasteiger partial charge >= 0.3 is 0 Å². The molecule has 0 fully saturated rings. The lowest BCUT2D eigenvalue weighted by Gasteiger charge is -2.05. The van der Waals surface area contributed by atoms with E-state index in [9.17, 15) is 4.79 Å². The first-order chi connectivity index (χ1) is 12.6. The Morgan fingerprint density at radius 1 is 1.12 bits per heavy atom. The SMILES string of the molecule is Cn1cc(CC(=O)Cc2cc3nc(-c4cncn4C)ccc3cn2)cn1. The van der Waals surface area contributed by atoms with Crippen molar-refractivity contribution in [3.05, 3.63) is 60.6 Å². The van der Waals surface area contributed by atoms with Crippen LogP contribution in [0.2, 0.25) is 0 Å². The number of fused-ring (bicyclic) bond motifs is 1. The molecule has 0 bridgehead atoms. The summed E-state index contributed by atoms with van der Waals surface area (Å²) in [6.45, 7) is 0. The standard InChI is InChI=1S/C19H18N6O/c1-24-12-20-10-19(24)17-4-3-14-9-21-15(7-18(14)23-17)6-16(26)5-13-8-22-25(2)11-13/h3-4,7-12H,5-6H2,1-2H3. The largest absolute Gasteiger partial charge is 0.332 e. The summed E-state index contributed by atoms with van der Waals surface area (Å²) < 4.78 is 3.62. The molecule has 0 amide bonds. The van der Waals surface area contributed by atoms with E-state index < -0.39 is 0 Å². The highest BCUT2D eigenvalue weighted by Gasteiger charge is 2.10. The molecule has 0 aliphatic rings. The van der Waals surface area contributed by atoms with Crippen molar-refractivity contribution in [2.24, 2.45) is 14.1 Å². The molecular weight excluding hydrogens is 328 g/mol. The van der Waals surface area contributed by atoms with Gasteiger partial charge in [0.2, 0.25) is 0 Å². The lowest BCUT2D eigenvalue weighted by atomic mass is 10.1. The Balaban J connectivity index is 1.58. The molecule has 0 atom stereocenters. The third-order valence-corrected chi connectivity index (χ3v) is 4.25. The van der Waals surface area contributed by atoms with Crippen molar-refractivity contribution in [3.63, 3.8) is 0 Å². The number of carbonyl (C=O) groups is 1. The highest BCUT2D eigenvalue weighted by Crippen LogP contribution is 2.20. The van der Waals surface area contributed by atoms with Crippen LogP contribution in [0.15, 0.2) is 49.3 Å². The second kappa shape index (κ2) is 6.51. The summed E-state index contributed by atoms with van der Waals surface area (Å²) in [5.41, 5.74) is 4.24. The third-order valence-electron chi connectivity index (χ3n) is 4.25. The summed E-state index contributed by atoms with van der Waals surface area (Å²) in [4.78, 5) is 25.6. The molecule has 4 aromatic rings. The molecular formula is C19H18N6O. The Labute approximate surface area is 150 Å². The fourth-order valence-corrected chi connectivity index (χ4v) is 2.96. The highest BCUT2D eigenvalue weighted by atomic mass is 16.1. The van der Waals surface area contributed by atoms with Gasteiger partial charge in [-0.2, -0.15) is 5.10 Å². The van der Waals surface area contributed by atoms with Crippen LogP contribution in [0.25, 0.3) is 22.3 Å². The van der Waals surface area contributed by atoms with E-state index in [1.807, 2.05) is 43.1 Å². The van der Waals surface area contributed by atoms with Crippen LogP contribution in [-0.4, -0.2) is 35.1 Å². The molecule has 0 saturated carbocycles. The molecule has 0 radical (unpaired) electrons. The number of hydrogen-bond donors (Lipinski definition) is 0. The summed E-state index contributed by atoms with van der Waals surface area (Å²) in [7, 11) is 3.77. The zero-order valence-corrected chi connectivity index (χ0v) is 14.6.